The first-order valence-electron chi connectivity index (χ1n) is 6.46. The zero-order valence-electron chi connectivity index (χ0n) is 11.6. The monoisotopic (exact) mass is 260 g/mol. The van der Waals surface area contributed by atoms with E-state index in [1.54, 1.807) is 0 Å². The van der Waals surface area contributed by atoms with E-state index < -0.39 is 5.97 Å². The van der Waals surface area contributed by atoms with Crippen LogP contribution in [0.1, 0.15) is 39.5 Å². The van der Waals surface area contributed by atoms with Crippen LogP contribution >= 0.6 is 0 Å². The summed E-state index contributed by atoms with van der Waals surface area (Å²) in [5.74, 6) is -0.631. The van der Waals surface area contributed by atoms with Crippen molar-refractivity contribution in [1.29, 1.82) is 0 Å². The van der Waals surface area contributed by atoms with E-state index in [1.807, 2.05) is 6.92 Å². The van der Waals surface area contributed by atoms with Crippen molar-refractivity contribution in [2.45, 2.75) is 39.5 Å². The van der Waals surface area contributed by atoms with Crippen LogP contribution in [0.3, 0.4) is 0 Å². The number of ether oxygens (including phenoxy) is 3. The predicted molar refractivity (Wildman–Crippen MR) is 67.1 cm³/mol. The molecule has 0 radical (unpaired) electrons. The summed E-state index contributed by atoms with van der Waals surface area (Å²) in [4.78, 5) is 22.4. The lowest BCUT2D eigenvalue weighted by Gasteiger charge is -2.13. The van der Waals surface area contributed by atoms with Gasteiger partial charge in [0.05, 0.1) is 19.6 Å². The van der Waals surface area contributed by atoms with Gasteiger partial charge in [-0.15, -0.1) is 0 Å². The van der Waals surface area contributed by atoms with Gasteiger partial charge in [0, 0.05) is 0 Å². The van der Waals surface area contributed by atoms with E-state index in [0.717, 1.165) is 25.7 Å². The van der Waals surface area contributed by atoms with Gasteiger partial charge in [0.2, 0.25) is 0 Å². The molecule has 0 aliphatic rings. The summed E-state index contributed by atoms with van der Waals surface area (Å²) in [6.45, 7) is 4.36. The summed E-state index contributed by atoms with van der Waals surface area (Å²) >= 11 is 0. The Hall–Kier alpha value is -1.10. The molecule has 0 fully saturated rings. The molecular weight excluding hydrogens is 236 g/mol. The highest BCUT2D eigenvalue weighted by atomic mass is 16.6. The second-order valence-electron chi connectivity index (χ2n) is 4.04. The van der Waals surface area contributed by atoms with Crippen LogP contribution in [-0.4, -0.2) is 38.9 Å². The number of esters is 2. The first kappa shape index (κ1) is 16.9. The van der Waals surface area contributed by atoms with Crippen LogP contribution in [0.4, 0.5) is 0 Å². The number of hydrogen-bond acceptors (Lipinski definition) is 5. The molecule has 0 amide bonds. The maximum atomic E-state index is 11.7. The molecule has 106 valence electrons. The Morgan fingerprint density at radius 1 is 1.17 bits per heavy atom. The van der Waals surface area contributed by atoms with Crippen molar-refractivity contribution in [2.24, 2.45) is 5.92 Å². The van der Waals surface area contributed by atoms with Crippen LogP contribution in [0.25, 0.3) is 0 Å². The predicted octanol–water partition coefficient (Wildman–Crippen LogP) is 1.94. The van der Waals surface area contributed by atoms with Gasteiger partial charge in [0.25, 0.3) is 0 Å². The molecule has 0 aromatic heterocycles. The third-order valence-corrected chi connectivity index (χ3v) is 2.65. The Balaban J connectivity index is 3.64. The number of carbonyl (C=O) groups is 2. The highest BCUT2D eigenvalue weighted by molar-refractivity contribution is 5.72. The maximum Gasteiger partial charge on any atom is 0.331 e. The molecule has 0 saturated heterocycles. The quantitative estimate of drug-likeness (QED) is 0.443. The highest BCUT2D eigenvalue weighted by Crippen LogP contribution is 2.14. The molecular formula is C13H24O5. The summed E-state index contributed by atoms with van der Waals surface area (Å²) in [7, 11) is 1.30. The van der Waals surface area contributed by atoms with Crippen LogP contribution in [0, 0.1) is 5.92 Å². The van der Waals surface area contributed by atoms with Crippen LogP contribution in [0.5, 0.6) is 0 Å². The molecule has 1 atom stereocenters. The lowest BCUT2D eigenvalue weighted by Crippen LogP contribution is -2.20. The van der Waals surface area contributed by atoms with Gasteiger partial charge in [-0.3, -0.25) is 4.79 Å². The molecule has 0 aromatic rings. The van der Waals surface area contributed by atoms with Crippen LogP contribution < -0.4 is 0 Å². The lowest BCUT2D eigenvalue weighted by molar-refractivity contribution is -0.152. The lowest BCUT2D eigenvalue weighted by atomic mass is 10.00. The molecule has 0 spiro atoms. The molecule has 0 N–H and O–H groups in total. The van der Waals surface area contributed by atoms with E-state index in [9.17, 15) is 9.59 Å². The third-order valence-electron chi connectivity index (χ3n) is 2.65. The fourth-order valence-electron chi connectivity index (χ4n) is 1.47. The first-order valence-corrected chi connectivity index (χ1v) is 6.46. The van der Waals surface area contributed by atoms with Gasteiger partial charge in [0.15, 0.2) is 0 Å². The van der Waals surface area contributed by atoms with Gasteiger partial charge < -0.3 is 14.2 Å². The van der Waals surface area contributed by atoms with Crippen molar-refractivity contribution in [3.8, 4) is 0 Å². The van der Waals surface area contributed by atoms with E-state index in [1.165, 1.54) is 7.11 Å². The van der Waals surface area contributed by atoms with E-state index in [2.05, 4.69) is 11.7 Å². The molecule has 18 heavy (non-hydrogen) atoms. The minimum absolute atomic E-state index is 0.0226. The average Bonchev–Trinajstić information content (AvgIpc) is 2.38. The smallest absolute Gasteiger partial charge is 0.331 e. The number of carbonyl (C=O) groups excluding carboxylic acids is 2. The first-order chi connectivity index (χ1) is 8.65. The summed E-state index contributed by atoms with van der Waals surface area (Å²) in [5.41, 5.74) is 0. The molecule has 5 heteroatoms. The second-order valence-corrected chi connectivity index (χ2v) is 4.04. The number of methoxy groups -OCH3 is 1. The fourth-order valence-corrected chi connectivity index (χ4v) is 1.47. The van der Waals surface area contributed by atoms with E-state index in [4.69, 9.17) is 9.47 Å². The Labute approximate surface area is 109 Å². The topological polar surface area (TPSA) is 61.8 Å². The Morgan fingerprint density at radius 3 is 2.44 bits per heavy atom. The summed E-state index contributed by atoms with van der Waals surface area (Å²) in [6.07, 6.45) is 3.77. The second kappa shape index (κ2) is 11.0. The normalized spacial score (nSPS) is 11.9. The van der Waals surface area contributed by atoms with Crippen molar-refractivity contribution in [3.63, 3.8) is 0 Å². The van der Waals surface area contributed by atoms with Crippen LogP contribution in [-0.2, 0) is 23.8 Å². The Kier molecular flexibility index (Phi) is 10.3. The third kappa shape index (κ3) is 8.06. The standard InChI is InChI=1S/C13H24O5/c1-4-6-7-11(5-2)13(15)18-9-8-17-10-12(14)16-3/h11H,4-10H2,1-3H3. The Morgan fingerprint density at radius 2 is 1.89 bits per heavy atom. The summed E-state index contributed by atoms with van der Waals surface area (Å²) < 4.78 is 14.5. The van der Waals surface area contributed by atoms with Gasteiger partial charge >= 0.3 is 11.9 Å². The van der Waals surface area contributed by atoms with Crippen molar-refractivity contribution in [1.82, 2.24) is 0 Å². The van der Waals surface area contributed by atoms with Gasteiger partial charge in [-0.1, -0.05) is 26.7 Å². The number of hydrogen-bond donors (Lipinski definition) is 0. The largest absolute Gasteiger partial charge is 0.467 e. The highest BCUT2D eigenvalue weighted by Gasteiger charge is 2.16. The van der Waals surface area contributed by atoms with E-state index >= 15 is 0 Å². The van der Waals surface area contributed by atoms with E-state index in [0.29, 0.717) is 0 Å². The molecule has 0 aliphatic heterocycles. The molecule has 0 aliphatic carbocycles. The van der Waals surface area contributed by atoms with Crippen molar-refractivity contribution < 1.29 is 23.8 Å². The molecule has 0 heterocycles. The molecule has 1 unspecified atom stereocenters. The van der Waals surface area contributed by atoms with E-state index in [-0.39, 0.29) is 31.7 Å². The zero-order chi connectivity index (χ0) is 13.8. The molecule has 0 saturated carbocycles. The summed E-state index contributed by atoms with van der Waals surface area (Å²) in [6, 6.07) is 0. The molecule has 5 nitrogen and oxygen atoms in total. The van der Waals surface area contributed by atoms with Gasteiger partial charge in [-0.25, -0.2) is 4.79 Å². The minimum Gasteiger partial charge on any atom is -0.467 e. The van der Waals surface area contributed by atoms with Crippen molar-refractivity contribution in [3.05, 3.63) is 0 Å². The fraction of sp³-hybridized carbons (Fsp3) is 0.846. The number of rotatable bonds is 10. The van der Waals surface area contributed by atoms with Crippen molar-refractivity contribution >= 4 is 11.9 Å². The maximum absolute atomic E-state index is 11.7. The van der Waals surface area contributed by atoms with Crippen LogP contribution in [0.2, 0.25) is 0 Å². The SMILES string of the molecule is CCCCC(CC)C(=O)OCCOCC(=O)OC. The van der Waals surface area contributed by atoms with Crippen LogP contribution in [0.15, 0.2) is 0 Å². The minimum atomic E-state index is -0.435. The van der Waals surface area contributed by atoms with Gasteiger partial charge in [-0.2, -0.15) is 0 Å². The average molecular weight is 260 g/mol. The van der Waals surface area contributed by atoms with Gasteiger partial charge in [0.1, 0.15) is 13.2 Å². The zero-order valence-corrected chi connectivity index (χ0v) is 11.6. The van der Waals surface area contributed by atoms with Gasteiger partial charge in [-0.05, 0) is 12.8 Å². The molecule has 0 bridgehead atoms. The van der Waals surface area contributed by atoms with Crippen molar-refractivity contribution in [2.75, 3.05) is 26.9 Å². The number of unbranched alkanes of at least 4 members (excludes halogenated alkanes) is 1. The Bertz CT molecular complexity index is 240. The summed E-state index contributed by atoms with van der Waals surface area (Å²) in [5, 5.41) is 0. The molecule has 0 aromatic carbocycles. The molecule has 0 rings (SSSR count).